The summed E-state index contributed by atoms with van der Waals surface area (Å²) in [7, 11) is 1.65. The predicted octanol–water partition coefficient (Wildman–Crippen LogP) is 1.98. The number of rotatable bonds is 9. The fraction of sp³-hybridized carbons (Fsp3) is 0.538. The van der Waals surface area contributed by atoms with Crippen molar-refractivity contribution in [2.45, 2.75) is 13.2 Å². The zero-order chi connectivity index (χ0) is 13.2. The summed E-state index contributed by atoms with van der Waals surface area (Å²) < 4.78 is 15.6. The second kappa shape index (κ2) is 9.30. The Labute approximate surface area is 113 Å². The molecule has 4 nitrogen and oxygen atoms in total. The molecule has 2 N–H and O–H groups in total. The topological polar surface area (TPSA) is 53.7 Å². The van der Waals surface area contributed by atoms with Crippen LogP contribution in [0.25, 0.3) is 0 Å². The van der Waals surface area contributed by atoms with Crippen molar-refractivity contribution in [3.05, 3.63) is 34.3 Å². The molecule has 5 heteroatoms. The summed E-state index contributed by atoms with van der Waals surface area (Å²) >= 11 is 6.11. The van der Waals surface area contributed by atoms with E-state index in [0.29, 0.717) is 44.6 Å². The van der Waals surface area contributed by atoms with Gasteiger partial charge in [-0.1, -0.05) is 23.7 Å². The number of nitrogens with two attached hydrogens (primary N) is 1. The lowest BCUT2D eigenvalue weighted by Gasteiger charge is -2.08. The zero-order valence-electron chi connectivity index (χ0n) is 10.7. The van der Waals surface area contributed by atoms with Crippen molar-refractivity contribution in [3.63, 3.8) is 0 Å². The molecular weight excluding hydrogens is 254 g/mol. The van der Waals surface area contributed by atoms with Gasteiger partial charge in [-0.3, -0.25) is 0 Å². The van der Waals surface area contributed by atoms with Crippen LogP contribution in [0.4, 0.5) is 0 Å². The third-order valence-electron chi connectivity index (χ3n) is 2.41. The van der Waals surface area contributed by atoms with Crippen LogP contribution in [0.15, 0.2) is 18.2 Å². The van der Waals surface area contributed by atoms with Crippen LogP contribution in [-0.2, 0) is 27.4 Å². The van der Waals surface area contributed by atoms with Crippen LogP contribution in [0.1, 0.15) is 11.1 Å². The van der Waals surface area contributed by atoms with Gasteiger partial charge in [0.1, 0.15) is 0 Å². The Balaban J connectivity index is 2.19. The largest absolute Gasteiger partial charge is 0.382 e. The molecule has 1 aromatic rings. The van der Waals surface area contributed by atoms with Gasteiger partial charge in [-0.2, -0.15) is 0 Å². The molecule has 0 aromatic heterocycles. The number of benzene rings is 1. The van der Waals surface area contributed by atoms with Crippen LogP contribution in [0.2, 0.25) is 5.02 Å². The van der Waals surface area contributed by atoms with Crippen LogP contribution < -0.4 is 5.73 Å². The first kappa shape index (κ1) is 15.4. The number of ether oxygens (including phenoxy) is 3. The van der Waals surface area contributed by atoms with Gasteiger partial charge < -0.3 is 19.9 Å². The molecule has 0 heterocycles. The highest BCUT2D eigenvalue weighted by molar-refractivity contribution is 6.31. The van der Waals surface area contributed by atoms with E-state index < -0.39 is 0 Å². The lowest BCUT2D eigenvalue weighted by atomic mass is 10.1. The van der Waals surface area contributed by atoms with Crippen molar-refractivity contribution >= 4 is 11.6 Å². The normalized spacial score (nSPS) is 10.8. The SMILES string of the molecule is COCCOCCOCc1ccc(CN)cc1Cl. The molecule has 0 aliphatic rings. The maximum absolute atomic E-state index is 6.11. The molecule has 0 spiro atoms. The highest BCUT2D eigenvalue weighted by atomic mass is 35.5. The maximum Gasteiger partial charge on any atom is 0.0732 e. The molecule has 0 saturated heterocycles. The summed E-state index contributed by atoms with van der Waals surface area (Å²) in [6.07, 6.45) is 0. The van der Waals surface area contributed by atoms with Gasteiger partial charge in [0.25, 0.3) is 0 Å². The fourth-order valence-corrected chi connectivity index (χ4v) is 1.64. The lowest BCUT2D eigenvalue weighted by molar-refractivity contribution is 0.0200. The van der Waals surface area contributed by atoms with E-state index in [0.717, 1.165) is 11.1 Å². The van der Waals surface area contributed by atoms with Gasteiger partial charge in [0.05, 0.1) is 33.0 Å². The van der Waals surface area contributed by atoms with Crippen LogP contribution in [0, 0.1) is 0 Å². The Hall–Kier alpha value is -0.650. The minimum absolute atomic E-state index is 0.483. The molecule has 18 heavy (non-hydrogen) atoms. The molecule has 0 saturated carbocycles. The van der Waals surface area contributed by atoms with Crippen molar-refractivity contribution in [1.29, 1.82) is 0 Å². The smallest absolute Gasteiger partial charge is 0.0732 e. The van der Waals surface area contributed by atoms with Gasteiger partial charge in [0.2, 0.25) is 0 Å². The quantitative estimate of drug-likeness (QED) is 0.699. The molecular formula is C13H20ClNO3. The highest BCUT2D eigenvalue weighted by Gasteiger charge is 2.01. The summed E-state index contributed by atoms with van der Waals surface area (Å²) in [4.78, 5) is 0. The van der Waals surface area contributed by atoms with Crippen molar-refractivity contribution in [1.82, 2.24) is 0 Å². The van der Waals surface area contributed by atoms with E-state index in [1.54, 1.807) is 7.11 Å². The molecule has 0 bridgehead atoms. The van der Waals surface area contributed by atoms with Gasteiger partial charge >= 0.3 is 0 Å². The molecule has 0 aliphatic heterocycles. The summed E-state index contributed by atoms with van der Waals surface area (Å²) in [6.45, 7) is 3.27. The molecule has 1 aromatic carbocycles. The number of hydrogen-bond donors (Lipinski definition) is 1. The van der Waals surface area contributed by atoms with E-state index in [4.69, 9.17) is 31.5 Å². The highest BCUT2D eigenvalue weighted by Crippen LogP contribution is 2.18. The van der Waals surface area contributed by atoms with E-state index in [9.17, 15) is 0 Å². The third kappa shape index (κ3) is 5.80. The van der Waals surface area contributed by atoms with Crippen LogP contribution >= 0.6 is 11.6 Å². The number of halogens is 1. The molecule has 0 radical (unpaired) electrons. The van der Waals surface area contributed by atoms with Crippen molar-refractivity contribution in [3.8, 4) is 0 Å². The van der Waals surface area contributed by atoms with E-state index in [1.807, 2.05) is 18.2 Å². The van der Waals surface area contributed by atoms with E-state index in [2.05, 4.69) is 0 Å². The number of hydrogen-bond acceptors (Lipinski definition) is 4. The van der Waals surface area contributed by atoms with E-state index >= 15 is 0 Å². The Kier molecular flexibility index (Phi) is 7.96. The minimum atomic E-state index is 0.483. The van der Waals surface area contributed by atoms with Crippen molar-refractivity contribution in [2.24, 2.45) is 5.73 Å². The average Bonchev–Trinajstić information content (AvgIpc) is 2.39. The first-order valence-electron chi connectivity index (χ1n) is 5.89. The molecule has 0 atom stereocenters. The molecule has 1 rings (SSSR count). The van der Waals surface area contributed by atoms with E-state index in [-0.39, 0.29) is 0 Å². The average molecular weight is 274 g/mol. The van der Waals surface area contributed by atoms with Crippen molar-refractivity contribution < 1.29 is 14.2 Å². The van der Waals surface area contributed by atoms with Gasteiger partial charge in [-0.25, -0.2) is 0 Å². The first-order chi connectivity index (χ1) is 8.77. The Morgan fingerprint density at radius 2 is 1.83 bits per heavy atom. The molecule has 0 amide bonds. The lowest BCUT2D eigenvalue weighted by Crippen LogP contribution is -2.08. The van der Waals surface area contributed by atoms with Crippen LogP contribution in [0.5, 0.6) is 0 Å². The second-order valence-electron chi connectivity index (χ2n) is 3.79. The third-order valence-corrected chi connectivity index (χ3v) is 2.77. The predicted molar refractivity (Wildman–Crippen MR) is 71.7 cm³/mol. The Bertz CT molecular complexity index is 347. The zero-order valence-corrected chi connectivity index (χ0v) is 11.4. The second-order valence-corrected chi connectivity index (χ2v) is 4.19. The monoisotopic (exact) mass is 273 g/mol. The van der Waals surface area contributed by atoms with E-state index in [1.165, 1.54) is 0 Å². The Morgan fingerprint density at radius 3 is 2.50 bits per heavy atom. The minimum Gasteiger partial charge on any atom is -0.382 e. The molecule has 0 aliphatic carbocycles. The first-order valence-corrected chi connectivity index (χ1v) is 6.27. The van der Waals surface area contributed by atoms with Gasteiger partial charge in [-0.15, -0.1) is 0 Å². The summed E-state index contributed by atoms with van der Waals surface area (Å²) in [5.74, 6) is 0. The van der Waals surface area contributed by atoms with Gasteiger partial charge in [0, 0.05) is 18.7 Å². The molecule has 0 unspecified atom stereocenters. The molecule has 0 fully saturated rings. The Morgan fingerprint density at radius 1 is 1.11 bits per heavy atom. The van der Waals surface area contributed by atoms with Gasteiger partial charge in [-0.05, 0) is 17.2 Å². The van der Waals surface area contributed by atoms with Crippen molar-refractivity contribution in [2.75, 3.05) is 33.5 Å². The molecule has 102 valence electrons. The van der Waals surface area contributed by atoms with Gasteiger partial charge in [0.15, 0.2) is 0 Å². The summed E-state index contributed by atoms with van der Waals surface area (Å²) in [6, 6.07) is 5.77. The maximum atomic E-state index is 6.11. The summed E-state index contributed by atoms with van der Waals surface area (Å²) in [5, 5.41) is 0.693. The fourth-order valence-electron chi connectivity index (χ4n) is 1.38. The standard InChI is InChI=1S/C13H20ClNO3/c1-16-4-5-17-6-7-18-10-12-3-2-11(9-15)8-13(12)14/h2-3,8H,4-7,9-10,15H2,1H3. The number of methoxy groups -OCH3 is 1. The van der Waals surface area contributed by atoms with Crippen LogP contribution in [-0.4, -0.2) is 33.5 Å². The van der Waals surface area contributed by atoms with Crippen LogP contribution in [0.3, 0.4) is 0 Å². The summed E-state index contributed by atoms with van der Waals surface area (Å²) in [5.41, 5.74) is 7.52.